The average Bonchev–Trinajstić information content (AvgIpc) is 2.76. The van der Waals surface area contributed by atoms with Gasteiger partial charge in [-0.25, -0.2) is 0 Å². The van der Waals surface area contributed by atoms with E-state index in [2.05, 4.69) is 48.6 Å². The number of hydrogen-bond donors (Lipinski definition) is 1. The molecule has 0 aliphatic heterocycles. The first kappa shape index (κ1) is 25.9. The van der Waals surface area contributed by atoms with E-state index in [1.165, 1.54) is 112 Å². The molecule has 31 heavy (non-hydrogen) atoms. The van der Waals surface area contributed by atoms with Crippen LogP contribution in [0, 0.1) is 0 Å². The molecule has 174 valence electrons. The van der Waals surface area contributed by atoms with Crippen LogP contribution in [0.2, 0.25) is 0 Å². The molecule has 0 saturated heterocycles. The molecule has 3 rings (SSSR count). The number of pyridine rings is 1. The summed E-state index contributed by atoms with van der Waals surface area (Å²) in [4.78, 5) is 7.24. The Balaban J connectivity index is 0.00000341. The zero-order valence-electron chi connectivity index (χ0n) is 19.9. The molecular weight excluding hydrogens is 402 g/mol. The molecule has 0 atom stereocenters. The first-order chi connectivity index (χ1) is 14.8. The summed E-state index contributed by atoms with van der Waals surface area (Å²) in [5.41, 5.74) is 5.36. The molecule has 0 amide bonds. The maximum atomic E-state index is 4.95. The van der Waals surface area contributed by atoms with Gasteiger partial charge in [0, 0.05) is 23.3 Å². The Morgan fingerprint density at radius 3 is 2.13 bits per heavy atom. The molecule has 0 radical (unpaired) electrons. The maximum Gasteiger partial charge on any atom is 0.0726 e. The van der Waals surface area contributed by atoms with E-state index in [-0.39, 0.29) is 12.4 Å². The van der Waals surface area contributed by atoms with Gasteiger partial charge in [-0.1, -0.05) is 69.6 Å². The molecule has 0 fully saturated rings. The Morgan fingerprint density at radius 2 is 1.42 bits per heavy atom. The Morgan fingerprint density at radius 1 is 0.806 bits per heavy atom. The van der Waals surface area contributed by atoms with Crippen molar-refractivity contribution in [3.8, 4) is 0 Å². The molecule has 1 aromatic carbocycles. The molecule has 1 aromatic heterocycles. The normalized spacial score (nSPS) is 13.3. The fraction of sp³-hybridized carbons (Fsp3) is 0.667. The Bertz CT molecular complexity index is 759. The van der Waals surface area contributed by atoms with Crippen molar-refractivity contribution in [1.82, 2.24) is 9.88 Å². The summed E-state index contributed by atoms with van der Waals surface area (Å²) in [5, 5.41) is 5.12. The lowest BCUT2D eigenvalue weighted by atomic mass is 9.92. The molecule has 1 aliphatic carbocycles. The van der Waals surface area contributed by atoms with Crippen LogP contribution in [0.5, 0.6) is 0 Å². The van der Waals surface area contributed by atoms with Gasteiger partial charge in [0.15, 0.2) is 0 Å². The summed E-state index contributed by atoms with van der Waals surface area (Å²) in [6.45, 7) is 2.33. The van der Waals surface area contributed by atoms with Crippen LogP contribution in [0.4, 0.5) is 5.69 Å². The van der Waals surface area contributed by atoms with Crippen molar-refractivity contribution < 1.29 is 0 Å². The number of aromatic nitrogens is 1. The largest absolute Gasteiger partial charge is 0.384 e. The lowest BCUT2D eigenvalue weighted by molar-refractivity contribution is 0.389. The van der Waals surface area contributed by atoms with Gasteiger partial charge in [0.05, 0.1) is 5.52 Å². The quantitative estimate of drug-likeness (QED) is 0.307. The molecule has 3 nitrogen and oxygen atoms in total. The number of fused-ring (bicyclic) bond motifs is 2. The van der Waals surface area contributed by atoms with Crippen LogP contribution in [0.1, 0.15) is 88.3 Å². The van der Waals surface area contributed by atoms with Crippen LogP contribution in [-0.4, -0.2) is 37.1 Å². The highest BCUT2D eigenvalue weighted by molar-refractivity contribution is 5.93. The molecule has 2 aromatic rings. The molecule has 1 heterocycles. The number of halogens is 1. The summed E-state index contributed by atoms with van der Waals surface area (Å²) in [7, 11) is 4.34. The van der Waals surface area contributed by atoms with E-state index in [0.29, 0.717) is 0 Å². The summed E-state index contributed by atoms with van der Waals surface area (Å²) < 4.78 is 0. The molecule has 0 spiro atoms. The summed E-state index contributed by atoms with van der Waals surface area (Å²) in [6, 6.07) is 8.66. The molecule has 0 bridgehead atoms. The van der Waals surface area contributed by atoms with Crippen LogP contribution in [0.25, 0.3) is 10.9 Å². The van der Waals surface area contributed by atoms with Gasteiger partial charge < -0.3 is 10.2 Å². The fourth-order valence-corrected chi connectivity index (χ4v) is 4.76. The van der Waals surface area contributed by atoms with Crippen LogP contribution in [-0.2, 0) is 12.8 Å². The lowest BCUT2D eigenvalue weighted by Gasteiger charge is -2.21. The number of nitrogens with zero attached hydrogens (tertiary/aromatic N) is 2. The third-order valence-electron chi connectivity index (χ3n) is 6.50. The second-order valence-corrected chi connectivity index (χ2v) is 9.40. The number of hydrogen-bond acceptors (Lipinski definition) is 3. The van der Waals surface area contributed by atoms with Crippen LogP contribution >= 0.6 is 12.4 Å². The first-order valence-corrected chi connectivity index (χ1v) is 12.5. The molecule has 0 unspecified atom stereocenters. The van der Waals surface area contributed by atoms with Gasteiger partial charge in [0.25, 0.3) is 0 Å². The van der Waals surface area contributed by atoms with Crippen molar-refractivity contribution in [3.05, 3.63) is 35.5 Å². The minimum atomic E-state index is 0. The smallest absolute Gasteiger partial charge is 0.0726 e. The van der Waals surface area contributed by atoms with E-state index < -0.39 is 0 Å². The van der Waals surface area contributed by atoms with Crippen molar-refractivity contribution in [1.29, 1.82) is 0 Å². The molecule has 1 N–H and O–H groups in total. The van der Waals surface area contributed by atoms with Crippen LogP contribution < -0.4 is 5.32 Å². The Hall–Kier alpha value is -1.32. The van der Waals surface area contributed by atoms with Crippen LogP contribution in [0.15, 0.2) is 24.3 Å². The minimum Gasteiger partial charge on any atom is -0.384 e. The maximum absolute atomic E-state index is 4.95. The molecule has 1 aliphatic rings. The van der Waals surface area contributed by atoms with E-state index >= 15 is 0 Å². The van der Waals surface area contributed by atoms with E-state index in [9.17, 15) is 0 Å². The van der Waals surface area contributed by atoms with E-state index in [1.807, 2.05) is 0 Å². The SMILES string of the molecule is CN(C)CCCCCCCCCCCCNc1c2c(nc3ccccc13)CCCC2.Cl. The molecule has 0 saturated carbocycles. The average molecular weight is 446 g/mol. The standard InChI is InChI=1S/C27H43N3.ClH/c1-30(2)22-16-10-8-6-4-3-5-7-9-15-21-28-27-23-17-11-13-19-25(23)29-26-20-14-12-18-24(26)27;/h11,13,17,19H,3-10,12,14-16,18,20-22H2,1-2H3,(H,28,29);1H. The van der Waals surface area contributed by atoms with E-state index in [1.54, 1.807) is 0 Å². The van der Waals surface area contributed by atoms with Gasteiger partial charge >= 0.3 is 0 Å². The summed E-state index contributed by atoms with van der Waals surface area (Å²) in [5.74, 6) is 0. The van der Waals surface area contributed by atoms with Gasteiger partial charge in [-0.3, -0.25) is 4.98 Å². The summed E-state index contributed by atoms with van der Waals surface area (Å²) in [6.07, 6.45) is 18.8. The van der Waals surface area contributed by atoms with Crippen molar-refractivity contribution in [2.45, 2.75) is 89.9 Å². The molecule has 4 heteroatoms. The zero-order valence-corrected chi connectivity index (χ0v) is 20.7. The number of aryl methyl sites for hydroxylation is 1. The third-order valence-corrected chi connectivity index (χ3v) is 6.50. The monoisotopic (exact) mass is 445 g/mol. The highest BCUT2D eigenvalue weighted by Crippen LogP contribution is 2.33. The van der Waals surface area contributed by atoms with Gasteiger partial charge in [-0.15, -0.1) is 12.4 Å². The van der Waals surface area contributed by atoms with Gasteiger partial charge in [0.1, 0.15) is 0 Å². The van der Waals surface area contributed by atoms with Crippen molar-refractivity contribution >= 4 is 29.0 Å². The predicted octanol–water partition coefficient (Wildman–Crippen LogP) is 7.41. The lowest BCUT2D eigenvalue weighted by Crippen LogP contribution is -2.12. The second-order valence-electron chi connectivity index (χ2n) is 9.40. The zero-order chi connectivity index (χ0) is 21.0. The topological polar surface area (TPSA) is 28.2 Å². The highest BCUT2D eigenvalue weighted by Gasteiger charge is 2.17. The predicted molar refractivity (Wildman–Crippen MR) is 139 cm³/mol. The van der Waals surface area contributed by atoms with E-state index in [4.69, 9.17) is 4.98 Å². The van der Waals surface area contributed by atoms with Crippen LogP contribution in [0.3, 0.4) is 0 Å². The highest BCUT2D eigenvalue weighted by atomic mass is 35.5. The third kappa shape index (κ3) is 8.61. The Kier molecular flexibility index (Phi) is 12.3. The summed E-state index contributed by atoms with van der Waals surface area (Å²) >= 11 is 0. The van der Waals surface area contributed by atoms with Crippen molar-refractivity contribution in [2.24, 2.45) is 0 Å². The number of para-hydroxylation sites is 1. The first-order valence-electron chi connectivity index (χ1n) is 12.5. The minimum absolute atomic E-state index is 0. The number of unbranched alkanes of at least 4 members (excludes halogenated alkanes) is 9. The van der Waals surface area contributed by atoms with Gasteiger partial charge in [-0.05, 0) is 70.8 Å². The van der Waals surface area contributed by atoms with Gasteiger partial charge in [-0.2, -0.15) is 0 Å². The fourth-order valence-electron chi connectivity index (χ4n) is 4.76. The number of anilines is 1. The number of rotatable bonds is 14. The van der Waals surface area contributed by atoms with Gasteiger partial charge in [0.2, 0.25) is 0 Å². The van der Waals surface area contributed by atoms with Crippen molar-refractivity contribution in [2.75, 3.05) is 32.5 Å². The van der Waals surface area contributed by atoms with Crippen molar-refractivity contribution in [3.63, 3.8) is 0 Å². The second kappa shape index (κ2) is 14.7. The molecular formula is C27H44ClN3. The Labute approximate surface area is 196 Å². The van der Waals surface area contributed by atoms with E-state index in [0.717, 1.165) is 18.5 Å². The number of nitrogens with one attached hydrogen (secondary N) is 1. The number of benzene rings is 1.